The van der Waals surface area contributed by atoms with Gasteiger partial charge in [0.1, 0.15) is 41.0 Å². The van der Waals surface area contributed by atoms with Crippen LogP contribution in [-0.4, -0.2) is 98.1 Å². The molecular formula is C28H38O12. The Kier molecular flexibility index (Phi) is 8.34. The lowest BCUT2D eigenvalue weighted by Gasteiger charge is -2.54. The Hall–Kier alpha value is -2.61. The molecule has 0 aromatic carbocycles. The molecule has 10 atom stereocenters. The molecule has 2 heterocycles. The van der Waals surface area contributed by atoms with Gasteiger partial charge < -0.3 is 44.5 Å². The van der Waals surface area contributed by atoms with Crippen molar-refractivity contribution < 1.29 is 58.9 Å². The summed E-state index contributed by atoms with van der Waals surface area (Å²) in [5.74, 6) is -2.41. The van der Waals surface area contributed by atoms with E-state index in [1.54, 1.807) is 19.9 Å². The van der Waals surface area contributed by atoms with Crippen LogP contribution >= 0.6 is 0 Å². The topological polar surface area (TPSA) is 189 Å². The van der Waals surface area contributed by atoms with Crippen molar-refractivity contribution in [1.29, 1.82) is 0 Å². The molecule has 4 rings (SSSR count). The van der Waals surface area contributed by atoms with Crippen LogP contribution < -0.4 is 0 Å². The number of hydrogen-bond donors (Lipinski definition) is 5. The second kappa shape index (κ2) is 11.0. The SMILES string of the molecule is CC(=O)O[C@]12CC=C(C)[C@H](O)C[C@]13CC[C@H]2[C@@](C)(/C=C/C=C(\C)C(=O)O[C@@H]1O[C@H](CO)[C@@H](O)[C@H](O)[C@H]1O)OC3=O. The van der Waals surface area contributed by atoms with Crippen molar-refractivity contribution in [1.82, 2.24) is 0 Å². The largest absolute Gasteiger partial charge is 0.457 e. The van der Waals surface area contributed by atoms with E-state index in [2.05, 4.69) is 0 Å². The van der Waals surface area contributed by atoms with Gasteiger partial charge in [0.25, 0.3) is 0 Å². The number of rotatable bonds is 6. The lowest BCUT2D eigenvalue weighted by Crippen LogP contribution is -2.65. The molecule has 0 aromatic rings. The van der Waals surface area contributed by atoms with Crippen LogP contribution in [0.4, 0.5) is 0 Å². The minimum atomic E-state index is -1.73. The van der Waals surface area contributed by atoms with E-state index in [-0.39, 0.29) is 18.4 Å². The van der Waals surface area contributed by atoms with E-state index in [4.69, 9.17) is 18.9 Å². The van der Waals surface area contributed by atoms with E-state index >= 15 is 0 Å². The number of cyclic esters (lactones) is 1. The molecule has 12 nitrogen and oxygen atoms in total. The van der Waals surface area contributed by atoms with E-state index in [0.717, 1.165) is 0 Å². The number of hydrogen-bond acceptors (Lipinski definition) is 12. The highest BCUT2D eigenvalue weighted by molar-refractivity contribution is 5.88. The fraction of sp³-hybridized carbons (Fsp3) is 0.679. The van der Waals surface area contributed by atoms with Gasteiger partial charge >= 0.3 is 17.9 Å². The third kappa shape index (κ3) is 4.90. The third-order valence-corrected chi connectivity index (χ3v) is 8.92. The molecule has 5 N–H and O–H groups in total. The van der Waals surface area contributed by atoms with Gasteiger partial charge in [-0.3, -0.25) is 9.59 Å². The molecule has 40 heavy (non-hydrogen) atoms. The van der Waals surface area contributed by atoms with Gasteiger partial charge in [0, 0.05) is 24.8 Å². The standard InChI is InChI=1S/C28H38O12/c1-14-7-11-28(39-16(3)30)19-8-10-27(28,12-17(14)31)25(36)40-26(19,4)9-5-6-15(2)23(35)38-24-22(34)21(33)20(32)18(13-29)37-24/h5-7,9,17-22,24,29,31-34H,8,10-13H2,1-4H3/b9-5+,15-6+/t17-,18-,19+,20-,21+,22-,24+,26-,27+,28+/m1/s1. The smallest absolute Gasteiger partial charge is 0.336 e. The first-order chi connectivity index (χ1) is 18.7. The predicted octanol–water partition coefficient (Wildman–Crippen LogP) is -0.0532. The fourth-order valence-electron chi connectivity index (χ4n) is 6.63. The molecular weight excluding hydrogens is 528 g/mol. The zero-order chi connectivity index (χ0) is 29.6. The van der Waals surface area contributed by atoms with Crippen molar-refractivity contribution >= 4 is 17.9 Å². The van der Waals surface area contributed by atoms with Gasteiger partial charge in [-0.2, -0.15) is 0 Å². The van der Waals surface area contributed by atoms with Crippen LogP contribution in [0.3, 0.4) is 0 Å². The van der Waals surface area contributed by atoms with Gasteiger partial charge in [0.05, 0.1) is 12.7 Å². The Labute approximate surface area is 231 Å². The van der Waals surface area contributed by atoms with Crippen LogP contribution in [0.5, 0.6) is 0 Å². The maximum Gasteiger partial charge on any atom is 0.336 e. The van der Waals surface area contributed by atoms with Crippen molar-refractivity contribution in [3.05, 3.63) is 35.5 Å². The normalized spacial score (nSPS) is 43.4. The van der Waals surface area contributed by atoms with Crippen LogP contribution in [0, 0.1) is 11.3 Å². The van der Waals surface area contributed by atoms with E-state index < -0.39 is 83.9 Å². The molecule has 2 aliphatic carbocycles. The lowest BCUT2D eigenvalue weighted by molar-refractivity contribution is -0.291. The summed E-state index contributed by atoms with van der Waals surface area (Å²) in [4.78, 5) is 38.6. The highest BCUT2D eigenvalue weighted by Gasteiger charge is 2.75. The zero-order valence-corrected chi connectivity index (χ0v) is 23.0. The summed E-state index contributed by atoms with van der Waals surface area (Å²) in [7, 11) is 0. The summed E-state index contributed by atoms with van der Waals surface area (Å²) in [6, 6.07) is 0. The quantitative estimate of drug-likeness (QED) is 0.0949. The Bertz CT molecular complexity index is 1130. The number of carbonyl (C=O) groups excluding carboxylic acids is 3. The van der Waals surface area contributed by atoms with E-state index in [1.165, 1.54) is 26.0 Å². The number of ether oxygens (including phenoxy) is 4. The third-order valence-electron chi connectivity index (χ3n) is 8.92. The number of aliphatic hydroxyl groups excluding tert-OH is 5. The van der Waals surface area contributed by atoms with E-state index in [1.807, 2.05) is 6.08 Å². The first-order valence-corrected chi connectivity index (χ1v) is 13.4. The summed E-state index contributed by atoms with van der Waals surface area (Å²) in [5.41, 5.74) is -2.84. The van der Waals surface area contributed by atoms with Gasteiger partial charge in [0.2, 0.25) is 6.29 Å². The van der Waals surface area contributed by atoms with Gasteiger partial charge in [0.15, 0.2) is 0 Å². The Morgan fingerprint density at radius 1 is 1.15 bits per heavy atom. The van der Waals surface area contributed by atoms with Crippen molar-refractivity contribution in [2.75, 3.05) is 6.61 Å². The van der Waals surface area contributed by atoms with Crippen molar-refractivity contribution in [2.24, 2.45) is 11.3 Å². The van der Waals surface area contributed by atoms with Crippen LogP contribution in [0.2, 0.25) is 0 Å². The summed E-state index contributed by atoms with van der Waals surface area (Å²) in [6.07, 6.45) is -1.18. The van der Waals surface area contributed by atoms with Crippen molar-refractivity contribution in [3.8, 4) is 0 Å². The summed E-state index contributed by atoms with van der Waals surface area (Å²) >= 11 is 0. The Morgan fingerprint density at radius 2 is 1.85 bits per heavy atom. The van der Waals surface area contributed by atoms with E-state index in [9.17, 15) is 39.9 Å². The van der Waals surface area contributed by atoms with Crippen LogP contribution in [0.1, 0.15) is 53.4 Å². The zero-order valence-electron chi connectivity index (χ0n) is 23.0. The molecule has 3 fully saturated rings. The number of aliphatic hydroxyl groups is 5. The maximum absolute atomic E-state index is 13.6. The average Bonchev–Trinajstić information content (AvgIpc) is 3.09. The Morgan fingerprint density at radius 3 is 2.50 bits per heavy atom. The second-order valence-electron chi connectivity index (χ2n) is 11.4. The molecule has 2 aliphatic heterocycles. The molecule has 222 valence electrons. The molecule has 0 unspecified atom stereocenters. The van der Waals surface area contributed by atoms with Gasteiger partial charge in [-0.1, -0.05) is 18.2 Å². The molecule has 0 spiro atoms. The van der Waals surface area contributed by atoms with Crippen LogP contribution in [0.25, 0.3) is 0 Å². The minimum absolute atomic E-state index is 0.0746. The average molecular weight is 567 g/mol. The van der Waals surface area contributed by atoms with Gasteiger partial charge in [-0.05, 0) is 51.7 Å². The van der Waals surface area contributed by atoms with Crippen molar-refractivity contribution in [2.45, 2.75) is 101 Å². The molecule has 4 aliphatic rings. The molecule has 0 radical (unpaired) electrons. The maximum atomic E-state index is 13.6. The molecule has 0 aromatic heterocycles. The molecule has 2 saturated heterocycles. The second-order valence-corrected chi connectivity index (χ2v) is 11.4. The first-order valence-electron chi connectivity index (χ1n) is 13.4. The molecule has 12 heteroatoms. The molecule has 1 saturated carbocycles. The highest BCUT2D eigenvalue weighted by Crippen LogP contribution is 2.65. The van der Waals surface area contributed by atoms with Crippen LogP contribution in [-0.2, 0) is 33.3 Å². The fourth-order valence-corrected chi connectivity index (χ4v) is 6.63. The molecule has 2 bridgehead atoms. The summed E-state index contributed by atoms with van der Waals surface area (Å²) in [6.45, 7) is 5.54. The highest BCUT2D eigenvalue weighted by atomic mass is 16.7. The van der Waals surface area contributed by atoms with Gasteiger partial charge in [-0.25, -0.2) is 4.79 Å². The summed E-state index contributed by atoms with van der Waals surface area (Å²) in [5, 5.41) is 49.9. The minimum Gasteiger partial charge on any atom is -0.457 e. The molecule has 0 amide bonds. The van der Waals surface area contributed by atoms with Crippen LogP contribution in [0.15, 0.2) is 35.5 Å². The van der Waals surface area contributed by atoms with Crippen molar-refractivity contribution in [3.63, 3.8) is 0 Å². The lowest BCUT2D eigenvalue weighted by atomic mass is 9.62. The number of carbonyl (C=O) groups is 3. The number of esters is 3. The predicted molar refractivity (Wildman–Crippen MR) is 136 cm³/mol. The van der Waals surface area contributed by atoms with E-state index in [0.29, 0.717) is 18.4 Å². The Balaban J connectivity index is 1.56. The monoisotopic (exact) mass is 566 g/mol. The number of allylic oxidation sites excluding steroid dienone is 2. The summed E-state index contributed by atoms with van der Waals surface area (Å²) < 4.78 is 22.3. The first kappa shape index (κ1) is 30.4. The van der Waals surface area contributed by atoms with Gasteiger partial charge in [-0.15, -0.1) is 0 Å².